The van der Waals surface area contributed by atoms with Crippen LogP contribution in [-0.4, -0.2) is 18.0 Å². The third kappa shape index (κ3) is 2.42. The second-order valence-electron chi connectivity index (χ2n) is 3.18. The van der Waals surface area contributed by atoms with Gasteiger partial charge in [-0.2, -0.15) is 0 Å². The van der Waals surface area contributed by atoms with Gasteiger partial charge in [-0.1, -0.05) is 26.0 Å². The van der Waals surface area contributed by atoms with Gasteiger partial charge in [-0.3, -0.25) is 0 Å². The molecule has 0 nitrogen and oxygen atoms in total. The average Bonchev–Trinajstić information content (AvgIpc) is 2.12. The molecule has 1 rings (SSSR count). The molecule has 0 saturated heterocycles. The van der Waals surface area contributed by atoms with E-state index < -0.39 is 0 Å². The summed E-state index contributed by atoms with van der Waals surface area (Å²) in [7, 11) is 0.380. The molecule has 0 saturated carbocycles. The quantitative estimate of drug-likeness (QED) is 0.404. The van der Waals surface area contributed by atoms with E-state index in [1.165, 1.54) is 25.2 Å². The summed E-state index contributed by atoms with van der Waals surface area (Å²) in [5.74, 6) is 0. The van der Waals surface area contributed by atoms with E-state index in [1.807, 2.05) is 0 Å². The molecule has 0 spiro atoms. The zero-order valence-corrected chi connectivity index (χ0v) is 7.90. The van der Waals surface area contributed by atoms with E-state index in [4.69, 9.17) is 0 Å². The fourth-order valence-electron chi connectivity index (χ4n) is 1.34. The van der Waals surface area contributed by atoms with Gasteiger partial charge in [-0.25, -0.2) is 0 Å². The first-order chi connectivity index (χ1) is 4.80. The summed E-state index contributed by atoms with van der Waals surface area (Å²) in [5.41, 5.74) is 0.954. The summed E-state index contributed by atoms with van der Waals surface area (Å²) in [4.78, 5) is 0. The van der Waals surface area contributed by atoms with Crippen LogP contribution in [0, 0.1) is 0 Å². The van der Waals surface area contributed by atoms with Crippen LogP contribution in [0.4, 0.5) is 0 Å². The van der Waals surface area contributed by atoms with Crippen molar-refractivity contribution in [2.75, 3.05) is 12.3 Å². The fraction of sp³-hybridized carbons (Fsp3) is 0.778. The SMILES string of the molecule is CC(C)P1CCC=CCC1. The van der Waals surface area contributed by atoms with Gasteiger partial charge in [-0.15, -0.1) is 7.92 Å². The van der Waals surface area contributed by atoms with E-state index in [-0.39, 0.29) is 0 Å². The molecule has 0 aromatic carbocycles. The third-order valence-electron chi connectivity index (χ3n) is 2.06. The fourth-order valence-corrected chi connectivity index (χ4v) is 3.56. The molecule has 10 heavy (non-hydrogen) atoms. The molecular weight excluding hydrogens is 139 g/mol. The van der Waals surface area contributed by atoms with Crippen LogP contribution >= 0.6 is 7.92 Å². The van der Waals surface area contributed by atoms with Gasteiger partial charge in [0.1, 0.15) is 0 Å². The van der Waals surface area contributed by atoms with Crippen LogP contribution in [0.3, 0.4) is 0 Å². The van der Waals surface area contributed by atoms with Crippen LogP contribution in [0.15, 0.2) is 12.2 Å². The largest absolute Gasteiger partial charge is 0.103 e. The molecule has 0 unspecified atom stereocenters. The second-order valence-corrected chi connectivity index (χ2v) is 6.28. The Morgan fingerprint density at radius 3 is 2.00 bits per heavy atom. The Balaban J connectivity index is 2.34. The van der Waals surface area contributed by atoms with Crippen molar-refractivity contribution < 1.29 is 0 Å². The predicted octanol–water partition coefficient (Wildman–Crippen LogP) is 3.23. The first-order valence-electron chi connectivity index (χ1n) is 4.20. The van der Waals surface area contributed by atoms with Crippen molar-refractivity contribution in [3.63, 3.8) is 0 Å². The van der Waals surface area contributed by atoms with Crippen molar-refractivity contribution in [1.29, 1.82) is 0 Å². The Hall–Kier alpha value is 0.170. The molecule has 0 amide bonds. The molecule has 0 atom stereocenters. The molecule has 0 fully saturated rings. The van der Waals surface area contributed by atoms with Gasteiger partial charge in [0, 0.05) is 0 Å². The molecule has 0 aliphatic carbocycles. The first-order valence-corrected chi connectivity index (χ1v) is 5.98. The van der Waals surface area contributed by atoms with Crippen molar-refractivity contribution in [1.82, 2.24) is 0 Å². The molecule has 0 aromatic heterocycles. The molecule has 1 aliphatic rings. The molecule has 58 valence electrons. The van der Waals surface area contributed by atoms with Crippen LogP contribution < -0.4 is 0 Å². The zero-order chi connectivity index (χ0) is 7.40. The summed E-state index contributed by atoms with van der Waals surface area (Å²) in [6.07, 6.45) is 10.3. The van der Waals surface area contributed by atoms with Crippen LogP contribution in [0.25, 0.3) is 0 Å². The van der Waals surface area contributed by atoms with Gasteiger partial charge < -0.3 is 0 Å². The van der Waals surface area contributed by atoms with Crippen molar-refractivity contribution in [2.24, 2.45) is 0 Å². The highest BCUT2D eigenvalue weighted by molar-refractivity contribution is 7.58. The molecule has 1 heterocycles. The van der Waals surface area contributed by atoms with Gasteiger partial charge in [-0.05, 0) is 30.8 Å². The first kappa shape index (κ1) is 8.27. The number of hydrogen-bond acceptors (Lipinski definition) is 0. The monoisotopic (exact) mass is 156 g/mol. The topological polar surface area (TPSA) is 0 Å². The Bertz CT molecular complexity index is 106. The summed E-state index contributed by atoms with van der Waals surface area (Å²) >= 11 is 0. The Labute approximate surface area is 65.5 Å². The van der Waals surface area contributed by atoms with Crippen LogP contribution in [-0.2, 0) is 0 Å². The summed E-state index contributed by atoms with van der Waals surface area (Å²) < 4.78 is 0. The molecule has 1 aliphatic heterocycles. The van der Waals surface area contributed by atoms with E-state index in [0.717, 1.165) is 5.66 Å². The number of hydrogen-bond donors (Lipinski definition) is 0. The van der Waals surface area contributed by atoms with E-state index in [0.29, 0.717) is 7.92 Å². The van der Waals surface area contributed by atoms with Gasteiger partial charge >= 0.3 is 0 Å². The summed E-state index contributed by atoms with van der Waals surface area (Å²) in [5, 5.41) is 0. The third-order valence-corrected chi connectivity index (χ3v) is 5.19. The lowest BCUT2D eigenvalue weighted by molar-refractivity contribution is 1.06. The normalized spacial score (nSPS) is 21.5. The minimum atomic E-state index is 0.380. The molecule has 0 aromatic rings. The maximum Gasteiger partial charge on any atom is -0.0266 e. The van der Waals surface area contributed by atoms with Gasteiger partial charge in [0.15, 0.2) is 0 Å². The van der Waals surface area contributed by atoms with Crippen molar-refractivity contribution in [2.45, 2.75) is 32.3 Å². The Morgan fingerprint density at radius 1 is 1.10 bits per heavy atom. The van der Waals surface area contributed by atoms with E-state index in [2.05, 4.69) is 26.0 Å². The average molecular weight is 156 g/mol. The van der Waals surface area contributed by atoms with Crippen LogP contribution in [0.2, 0.25) is 0 Å². The maximum atomic E-state index is 2.37. The Morgan fingerprint density at radius 2 is 1.60 bits per heavy atom. The Kier molecular flexibility index (Phi) is 3.42. The van der Waals surface area contributed by atoms with Crippen molar-refractivity contribution in [3.05, 3.63) is 12.2 Å². The molecule has 0 bridgehead atoms. The minimum absolute atomic E-state index is 0.380. The second kappa shape index (κ2) is 4.13. The smallest absolute Gasteiger partial charge is 0.0266 e. The molecule has 0 N–H and O–H groups in total. The summed E-state index contributed by atoms with van der Waals surface area (Å²) in [6.45, 7) is 4.74. The number of rotatable bonds is 1. The van der Waals surface area contributed by atoms with Crippen molar-refractivity contribution >= 4 is 7.92 Å². The lowest BCUT2D eigenvalue weighted by Crippen LogP contribution is -1.98. The highest BCUT2D eigenvalue weighted by Crippen LogP contribution is 2.43. The maximum absolute atomic E-state index is 2.37. The van der Waals surface area contributed by atoms with Crippen LogP contribution in [0.1, 0.15) is 26.7 Å². The van der Waals surface area contributed by atoms with E-state index in [9.17, 15) is 0 Å². The lowest BCUT2D eigenvalue weighted by Gasteiger charge is -2.18. The van der Waals surface area contributed by atoms with Gasteiger partial charge in [0.05, 0.1) is 0 Å². The molecule has 0 radical (unpaired) electrons. The van der Waals surface area contributed by atoms with Gasteiger partial charge in [0.25, 0.3) is 0 Å². The number of allylic oxidation sites excluding steroid dienone is 2. The highest BCUT2D eigenvalue weighted by Gasteiger charge is 2.11. The summed E-state index contributed by atoms with van der Waals surface area (Å²) in [6, 6.07) is 0. The molecule has 1 heteroatoms. The predicted molar refractivity (Wildman–Crippen MR) is 50.2 cm³/mol. The van der Waals surface area contributed by atoms with Gasteiger partial charge in [0.2, 0.25) is 0 Å². The molecular formula is C9H17P. The van der Waals surface area contributed by atoms with Crippen LogP contribution in [0.5, 0.6) is 0 Å². The standard InChI is InChI=1S/C9H17P/c1-9(2)10-7-5-3-4-6-8-10/h3-4,9H,5-8H2,1-2H3. The van der Waals surface area contributed by atoms with E-state index >= 15 is 0 Å². The highest BCUT2D eigenvalue weighted by atomic mass is 31.1. The lowest BCUT2D eigenvalue weighted by atomic mass is 10.4. The zero-order valence-electron chi connectivity index (χ0n) is 7.01. The van der Waals surface area contributed by atoms with Crippen molar-refractivity contribution in [3.8, 4) is 0 Å². The minimum Gasteiger partial charge on any atom is -0.103 e. The van der Waals surface area contributed by atoms with E-state index in [1.54, 1.807) is 0 Å².